The normalized spacial score (nSPS) is 11.7. The molecule has 0 saturated heterocycles. The van der Waals surface area contributed by atoms with Crippen LogP contribution < -0.4 is 5.32 Å². The van der Waals surface area contributed by atoms with Crippen molar-refractivity contribution in [2.45, 2.75) is 24.0 Å². The monoisotopic (exact) mass is 397 g/mol. The Labute approximate surface area is 160 Å². The summed E-state index contributed by atoms with van der Waals surface area (Å²) in [7, 11) is 0. The smallest absolute Gasteiger partial charge is 0.338 e. The number of carbonyl (C=O) groups is 2. The number of ether oxygens (including phenoxy) is 1. The van der Waals surface area contributed by atoms with Gasteiger partial charge in [-0.1, -0.05) is 23.2 Å². The molecule has 25 heavy (non-hydrogen) atoms. The molecule has 1 atom stereocenters. The number of hydrogen-bond acceptors (Lipinski definition) is 4. The van der Waals surface area contributed by atoms with E-state index in [1.807, 2.05) is 12.1 Å². The molecule has 0 heterocycles. The third kappa shape index (κ3) is 5.66. The van der Waals surface area contributed by atoms with Crippen LogP contribution in [0.4, 0.5) is 5.69 Å². The van der Waals surface area contributed by atoms with Gasteiger partial charge in [0.25, 0.3) is 0 Å². The fourth-order valence-corrected chi connectivity index (χ4v) is 3.18. The Bertz CT molecular complexity index is 765. The van der Waals surface area contributed by atoms with Crippen LogP contribution in [0.3, 0.4) is 0 Å². The van der Waals surface area contributed by atoms with Gasteiger partial charge < -0.3 is 10.1 Å². The van der Waals surface area contributed by atoms with Crippen molar-refractivity contribution in [3.8, 4) is 0 Å². The molecule has 0 aliphatic heterocycles. The summed E-state index contributed by atoms with van der Waals surface area (Å²) in [4.78, 5) is 25.0. The second kappa shape index (κ2) is 9.13. The molecule has 2 aromatic carbocycles. The Balaban J connectivity index is 2.01. The summed E-state index contributed by atoms with van der Waals surface area (Å²) in [6.45, 7) is 3.82. The molecule has 0 aromatic heterocycles. The number of esters is 1. The van der Waals surface area contributed by atoms with E-state index in [0.29, 0.717) is 16.3 Å². The van der Waals surface area contributed by atoms with Crippen LogP contribution in [0.15, 0.2) is 47.4 Å². The standard InChI is InChI=1S/C18H17Cl2NO3S/c1-3-24-18(23)12-4-9-16(15(20)10-12)21-17(22)11(2)25-14-7-5-13(19)6-8-14/h4-11H,3H2,1-2H3,(H,21,22)/t11-/m1/s1. The summed E-state index contributed by atoms with van der Waals surface area (Å²) < 4.78 is 4.92. The van der Waals surface area contributed by atoms with Crippen molar-refractivity contribution in [2.24, 2.45) is 0 Å². The number of thioether (sulfide) groups is 1. The van der Waals surface area contributed by atoms with Gasteiger partial charge in [0.2, 0.25) is 5.91 Å². The molecule has 1 amide bonds. The van der Waals surface area contributed by atoms with E-state index in [-0.39, 0.29) is 22.8 Å². The number of halogens is 2. The fraction of sp³-hybridized carbons (Fsp3) is 0.222. The highest BCUT2D eigenvalue weighted by Crippen LogP contribution is 2.28. The van der Waals surface area contributed by atoms with Crippen molar-refractivity contribution in [3.63, 3.8) is 0 Å². The van der Waals surface area contributed by atoms with Crippen LogP contribution in [0.25, 0.3) is 0 Å². The van der Waals surface area contributed by atoms with E-state index in [2.05, 4.69) is 5.32 Å². The summed E-state index contributed by atoms with van der Waals surface area (Å²) in [6.07, 6.45) is 0. The minimum Gasteiger partial charge on any atom is -0.462 e. The zero-order chi connectivity index (χ0) is 18.4. The lowest BCUT2D eigenvalue weighted by Gasteiger charge is -2.13. The Morgan fingerprint density at radius 2 is 1.84 bits per heavy atom. The molecule has 1 N–H and O–H groups in total. The highest BCUT2D eigenvalue weighted by Gasteiger charge is 2.17. The van der Waals surface area contributed by atoms with E-state index >= 15 is 0 Å². The largest absolute Gasteiger partial charge is 0.462 e. The number of benzene rings is 2. The first-order valence-corrected chi connectivity index (χ1v) is 9.24. The molecule has 4 nitrogen and oxygen atoms in total. The quantitative estimate of drug-likeness (QED) is 0.531. The van der Waals surface area contributed by atoms with Crippen molar-refractivity contribution < 1.29 is 14.3 Å². The SMILES string of the molecule is CCOC(=O)c1ccc(NC(=O)[C@@H](C)Sc2ccc(Cl)cc2)c(Cl)c1. The van der Waals surface area contributed by atoms with Crippen LogP contribution in [-0.4, -0.2) is 23.7 Å². The maximum atomic E-state index is 12.3. The molecule has 0 bridgehead atoms. The lowest BCUT2D eigenvalue weighted by Crippen LogP contribution is -2.22. The number of nitrogens with one attached hydrogen (secondary N) is 1. The molecule has 7 heteroatoms. The molecule has 0 spiro atoms. The summed E-state index contributed by atoms with van der Waals surface area (Å²) in [5.41, 5.74) is 0.789. The van der Waals surface area contributed by atoms with Crippen LogP contribution in [-0.2, 0) is 9.53 Å². The second-order valence-corrected chi connectivity index (χ2v) is 7.38. The first kappa shape index (κ1) is 19.6. The minimum atomic E-state index is -0.450. The molecule has 0 unspecified atom stereocenters. The molecule has 0 radical (unpaired) electrons. The number of amides is 1. The van der Waals surface area contributed by atoms with Gasteiger partial charge in [0.15, 0.2) is 0 Å². The van der Waals surface area contributed by atoms with Gasteiger partial charge in [-0.3, -0.25) is 4.79 Å². The van der Waals surface area contributed by atoms with Gasteiger partial charge in [-0.25, -0.2) is 4.79 Å². The van der Waals surface area contributed by atoms with E-state index in [1.54, 1.807) is 38.1 Å². The third-order valence-electron chi connectivity index (χ3n) is 3.23. The summed E-state index contributed by atoms with van der Waals surface area (Å²) >= 11 is 13.4. The predicted molar refractivity (Wildman–Crippen MR) is 103 cm³/mol. The van der Waals surface area contributed by atoms with E-state index < -0.39 is 5.97 Å². The van der Waals surface area contributed by atoms with Gasteiger partial charge in [0.1, 0.15) is 0 Å². The maximum absolute atomic E-state index is 12.3. The Morgan fingerprint density at radius 3 is 2.44 bits per heavy atom. The van der Waals surface area contributed by atoms with Crippen LogP contribution in [0.2, 0.25) is 10.0 Å². The summed E-state index contributed by atoms with van der Waals surface area (Å²) in [5.74, 6) is -0.639. The molecular weight excluding hydrogens is 381 g/mol. The van der Waals surface area contributed by atoms with Gasteiger partial charge in [-0.15, -0.1) is 11.8 Å². The zero-order valence-corrected chi connectivity index (χ0v) is 16.0. The maximum Gasteiger partial charge on any atom is 0.338 e. The van der Waals surface area contributed by atoms with E-state index in [4.69, 9.17) is 27.9 Å². The van der Waals surface area contributed by atoms with E-state index in [1.165, 1.54) is 17.8 Å². The van der Waals surface area contributed by atoms with Gasteiger partial charge >= 0.3 is 5.97 Å². The predicted octanol–water partition coefficient (Wildman–Crippen LogP) is 5.29. The summed E-state index contributed by atoms with van der Waals surface area (Å²) in [5, 5.41) is 3.37. The van der Waals surface area contributed by atoms with E-state index in [0.717, 1.165) is 4.90 Å². The van der Waals surface area contributed by atoms with Crippen molar-refractivity contribution in [3.05, 3.63) is 58.1 Å². The van der Waals surface area contributed by atoms with Crippen molar-refractivity contribution >= 4 is 52.5 Å². The fourth-order valence-electron chi connectivity index (χ4n) is 1.96. The molecule has 2 rings (SSSR count). The molecule has 2 aromatic rings. The lowest BCUT2D eigenvalue weighted by molar-refractivity contribution is -0.115. The first-order chi connectivity index (χ1) is 11.9. The van der Waals surface area contributed by atoms with Gasteiger partial charge in [-0.2, -0.15) is 0 Å². The van der Waals surface area contributed by atoms with Crippen LogP contribution >= 0.6 is 35.0 Å². The van der Waals surface area contributed by atoms with Gasteiger partial charge in [0.05, 0.1) is 28.1 Å². The lowest BCUT2D eigenvalue weighted by atomic mass is 10.2. The first-order valence-electron chi connectivity index (χ1n) is 7.60. The molecule has 0 saturated carbocycles. The number of rotatable bonds is 6. The number of anilines is 1. The highest BCUT2D eigenvalue weighted by atomic mass is 35.5. The molecule has 132 valence electrons. The average Bonchev–Trinajstić information content (AvgIpc) is 2.58. The van der Waals surface area contributed by atoms with Crippen molar-refractivity contribution in [1.29, 1.82) is 0 Å². The van der Waals surface area contributed by atoms with Crippen molar-refractivity contribution in [1.82, 2.24) is 0 Å². The number of hydrogen-bond donors (Lipinski definition) is 1. The zero-order valence-electron chi connectivity index (χ0n) is 13.7. The van der Waals surface area contributed by atoms with Crippen LogP contribution in [0, 0.1) is 0 Å². The second-order valence-electron chi connectivity index (χ2n) is 5.12. The Kier molecular flexibility index (Phi) is 7.17. The van der Waals surface area contributed by atoms with Crippen LogP contribution in [0.1, 0.15) is 24.2 Å². The number of carbonyl (C=O) groups excluding carboxylic acids is 2. The Morgan fingerprint density at radius 1 is 1.16 bits per heavy atom. The topological polar surface area (TPSA) is 55.4 Å². The molecule has 0 fully saturated rings. The molecule has 0 aliphatic rings. The van der Waals surface area contributed by atoms with Gasteiger partial charge in [0, 0.05) is 9.92 Å². The van der Waals surface area contributed by atoms with Crippen molar-refractivity contribution in [2.75, 3.05) is 11.9 Å². The Hall–Kier alpha value is -1.69. The van der Waals surface area contributed by atoms with Gasteiger partial charge in [-0.05, 0) is 56.3 Å². The minimum absolute atomic E-state index is 0.189. The van der Waals surface area contributed by atoms with E-state index in [9.17, 15) is 9.59 Å². The van der Waals surface area contributed by atoms with Crippen LogP contribution in [0.5, 0.6) is 0 Å². The summed E-state index contributed by atoms with van der Waals surface area (Å²) in [6, 6.07) is 11.9. The molecular formula is C18H17Cl2NO3S. The average molecular weight is 398 g/mol. The highest BCUT2D eigenvalue weighted by molar-refractivity contribution is 8.00. The molecule has 0 aliphatic carbocycles. The third-order valence-corrected chi connectivity index (χ3v) is 4.91.